The number of fused-ring (bicyclic) bond motifs is 1. The first kappa shape index (κ1) is 24.9. The minimum absolute atomic E-state index is 0.0965. The molecule has 0 unspecified atom stereocenters. The van der Waals surface area contributed by atoms with Crippen molar-refractivity contribution < 1.29 is 23.1 Å². The lowest BCUT2D eigenvalue weighted by molar-refractivity contribution is -0.131. The molecular weight excluding hydrogens is 503 g/mol. The highest BCUT2D eigenvalue weighted by Gasteiger charge is 2.27. The predicted octanol–water partition coefficient (Wildman–Crippen LogP) is 5.82. The topological polar surface area (TPSA) is 91.6 Å². The highest BCUT2D eigenvalue weighted by molar-refractivity contribution is 7.99. The number of hydrogen-bond donors (Lipinski definition) is 3. The van der Waals surface area contributed by atoms with Crippen molar-refractivity contribution in [1.29, 1.82) is 0 Å². The molecule has 5 rings (SSSR count). The van der Waals surface area contributed by atoms with E-state index in [0.717, 1.165) is 28.9 Å². The maximum atomic E-state index is 12.8. The first-order chi connectivity index (χ1) is 17.7. The Labute approximate surface area is 215 Å². The molecule has 2 heterocycles. The van der Waals surface area contributed by atoms with Gasteiger partial charge in [-0.15, -0.1) is 0 Å². The van der Waals surface area contributed by atoms with Gasteiger partial charge in [-0.2, -0.15) is 18.3 Å². The lowest BCUT2D eigenvalue weighted by Crippen LogP contribution is -2.26. The summed E-state index contributed by atoms with van der Waals surface area (Å²) in [6.45, 7) is 1.54. The Bertz CT molecular complexity index is 1470. The SMILES string of the molecule is Cc1cc(-c2cnc3c(NCCC(F)(F)F)cc(Sc4cccc(O)c4)nn23)ccc1C(=O)NC1CC1. The van der Waals surface area contributed by atoms with E-state index in [-0.39, 0.29) is 24.2 Å². The monoisotopic (exact) mass is 527 g/mol. The maximum Gasteiger partial charge on any atom is 0.390 e. The Morgan fingerprint density at radius 2 is 2.00 bits per heavy atom. The number of alkyl halides is 3. The second-order valence-electron chi connectivity index (χ2n) is 8.94. The molecule has 1 fully saturated rings. The van der Waals surface area contributed by atoms with Crippen LogP contribution in [-0.4, -0.2) is 44.4 Å². The second kappa shape index (κ2) is 9.97. The molecule has 37 heavy (non-hydrogen) atoms. The zero-order valence-corrected chi connectivity index (χ0v) is 20.7. The molecule has 1 aliphatic carbocycles. The quantitative estimate of drug-likeness (QED) is 0.268. The number of rotatable bonds is 8. The second-order valence-corrected chi connectivity index (χ2v) is 10.0. The molecule has 1 saturated carbocycles. The first-order valence-corrected chi connectivity index (χ1v) is 12.6. The highest BCUT2D eigenvalue weighted by Crippen LogP contribution is 2.33. The first-order valence-electron chi connectivity index (χ1n) is 11.7. The molecule has 1 amide bonds. The van der Waals surface area contributed by atoms with Crippen LogP contribution in [0.2, 0.25) is 0 Å². The third-order valence-corrected chi connectivity index (χ3v) is 6.79. The number of phenols is 1. The smallest absolute Gasteiger partial charge is 0.390 e. The zero-order chi connectivity index (χ0) is 26.2. The van der Waals surface area contributed by atoms with Crippen molar-refractivity contribution in [2.24, 2.45) is 0 Å². The van der Waals surface area contributed by atoms with Gasteiger partial charge in [-0.3, -0.25) is 4.79 Å². The number of nitrogens with one attached hydrogen (secondary N) is 2. The number of aromatic hydroxyl groups is 1. The van der Waals surface area contributed by atoms with Crippen LogP contribution < -0.4 is 10.6 Å². The summed E-state index contributed by atoms with van der Waals surface area (Å²) < 4.78 is 39.9. The molecule has 0 atom stereocenters. The number of aryl methyl sites for hydroxylation is 1. The van der Waals surface area contributed by atoms with Gasteiger partial charge in [-0.05, 0) is 61.7 Å². The van der Waals surface area contributed by atoms with Crippen LogP contribution in [0.15, 0.2) is 64.6 Å². The molecule has 3 N–H and O–H groups in total. The van der Waals surface area contributed by atoms with Gasteiger partial charge in [0.25, 0.3) is 5.91 Å². The van der Waals surface area contributed by atoms with Gasteiger partial charge in [0.15, 0.2) is 5.65 Å². The van der Waals surface area contributed by atoms with Crippen molar-refractivity contribution in [1.82, 2.24) is 19.9 Å². The number of imidazole rings is 1. The molecule has 4 aromatic rings. The van der Waals surface area contributed by atoms with E-state index in [1.165, 1.54) is 11.8 Å². The van der Waals surface area contributed by atoms with E-state index >= 15 is 0 Å². The van der Waals surface area contributed by atoms with E-state index in [2.05, 4.69) is 20.7 Å². The van der Waals surface area contributed by atoms with Crippen LogP contribution in [0, 0.1) is 6.92 Å². The predicted molar refractivity (Wildman–Crippen MR) is 135 cm³/mol. The number of anilines is 1. The van der Waals surface area contributed by atoms with Gasteiger partial charge < -0.3 is 15.7 Å². The molecule has 2 aromatic heterocycles. The van der Waals surface area contributed by atoms with Crippen molar-refractivity contribution in [3.63, 3.8) is 0 Å². The summed E-state index contributed by atoms with van der Waals surface area (Å²) in [7, 11) is 0. The van der Waals surface area contributed by atoms with Crippen molar-refractivity contribution in [3.8, 4) is 17.0 Å². The number of nitrogens with zero attached hydrogens (tertiary/aromatic N) is 3. The fraction of sp³-hybridized carbons (Fsp3) is 0.269. The Hall–Kier alpha value is -3.73. The summed E-state index contributed by atoms with van der Waals surface area (Å²) in [5.74, 6) is -0.0111. The molecule has 2 aromatic carbocycles. The molecule has 0 radical (unpaired) electrons. The number of carbonyl (C=O) groups is 1. The Balaban J connectivity index is 1.51. The van der Waals surface area contributed by atoms with E-state index in [9.17, 15) is 23.1 Å². The summed E-state index contributed by atoms with van der Waals surface area (Å²) in [6.07, 6.45) is -1.68. The van der Waals surface area contributed by atoms with Gasteiger partial charge in [0.05, 0.1) is 24.0 Å². The normalized spacial score (nSPS) is 13.6. The minimum atomic E-state index is -4.29. The van der Waals surface area contributed by atoms with Gasteiger partial charge in [-0.1, -0.05) is 23.9 Å². The Morgan fingerprint density at radius 3 is 2.70 bits per heavy atom. The van der Waals surface area contributed by atoms with Crippen LogP contribution in [0.3, 0.4) is 0 Å². The van der Waals surface area contributed by atoms with Crippen LogP contribution in [0.5, 0.6) is 5.75 Å². The van der Waals surface area contributed by atoms with E-state index in [0.29, 0.717) is 27.6 Å². The maximum absolute atomic E-state index is 12.8. The van der Waals surface area contributed by atoms with Crippen LogP contribution in [0.25, 0.3) is 16.9 Å². The van der Waals surface area contributed by atoms with Crippen molar-refractivity contribution in [2.75, 3.05) is 11.9 Å². The molecule has 1 aliphatic rings. The van der Waals surface area contributed by atoms with Gasteiger partial charge in [0.1, 0.15) is 10.8 Å². The lowest BCUT2D eigenvalue weighted by Gasteiger charge is -2.13. The molecule has 0 aliphatic heterocycles. The number of carbonyl (C=O) groups excluding carboxylic acids is 1. The summed E-state index contributed by atoms with van der Waals surface area (Å²) in [5, 5.41) is 20.8. The fourth-order valence-electron chi connectivity index (χ4n) is 3.90. The van der Waals surface area contributed by atoms with E-state index < -0.39 is 12.6 Å². The zero-order valence-electron chi connectivity index (χ0n) is 19.8. The number of amides is 1. The van der Waals surface area contributed by atoms with Gasteiger partial charge in [0.2, 0.25) is 0 Å². The number of phenolic OH excluding ortho intramolecular Hbond substituents is 1. The average Bonchev–Trinajstić information content (AvgIpc) is 3.53. The van der Waals surface area contributed by atoms with Gasteiger partial charge in [0, 0.05) is 28.6 Å². The molecule has 0 spiro atoms. The number of hydrogen-bond acceptors (Lipinski definition) is 6. The number of aromatic nitrogens is 3. The molecule has 192 valence electrons. The largest absolute Gasteiger partial charge is 0.508 e. The summed E-state index contributed by atoms with van der Waals surface area (Å²) in [4.78, 5) is 17.7. The van der Waals surface area contributed by atoms with Crippen LogP contribution in [0.4, 0.5) is 18.9 Å². The third-order valence-electron chi connectivity index (χ3n) is 5.89. The summed E-state index contributed by atoms with van der Waals surface area (Å²) >= 11 is 1.26. The van der Waals surface area contributed by atoms with Crippen molar-refractivity contribution in [2.45, 2.75) is 48.3 Å². The molecule has 11 heteroatoms. The minimum Gasteiger partial charge on any atom is -0.508 e. The standard InChI is InChI=1S/C26H24F3N5O2S/c1-15-11-16(5-8-20(15)25(36)32-17-6-7-17)22-14-31-24-21(30-10-9-26(27,28)29)13-23(33-34(22)24)37-19-4-2-3-18(35)12-19/h2-5,8,11-14,17,30,35H,6-7,9-10H2,1H3,(H,32,36). The molecule has 0 saturated heterocycles. The summed E-state index contributed by atoms with van der Waals surface area (Å²) in [5.41, 5.74) is 3.56. The fourth-order valence-corrected chi connectivity index (χ4v) is 4.77. The van der Waals surface area contributed by atoms with Crippen LogP contribution >= 0.6 is 11.8 Å². The third kappa shape index (κ3) is 5.99. The Kier molecular flexibility index (Phi) is 6.72. The van der Waals surface area contributed by atoms with Crippen molar-refractivity contribution in [3.05, 3.63) is 65.9 Å². The molecule has 0 bridgehead atoms. The number of benzene rings is 2. The highest BCUT2D eigenvalue weighted by atomic mass is 32.2. The summed E-state index contributed by atoms with van der Waals surface area (Å²) in [6, 6.07) is 14.0. The van der Waals surface area contributed by atoms with Crippen molar-refractivity contribution >= 4 is 29.0 Å². The van der Waals surface area contributed by atoms with E-state index in [4.69, 9.17) is 0 Å². The average molecular weight is 528 g/mol. The number of halogens is 3. The van der Waals surface area contributed by atoms with E-state index in [1.807, 2.05) is 19.1 Å². The molecular formula is C26H24F3N5O2S. The van der Waals surface area contributed by atoms with Gasteiger partial charge in [-0.25, -0.2) is 9.50 Å². The molecule has 7 nitrogen and oxygen atoms in total. The lowest BCUT2D eigenvalue weighted by atomic mass is 10.0. The van der Waals surface area contributed by atoms with Crippen LogP contribution in [0.1, 0.15) is 35.2 Å². The van der Waals surface area contributed by atoms with Gasteiger partial charge >= 0.3 is 6.18 Å². The van der Waals surface area contributed by atoms with Crippen LogP contribution in [-0.2, 0) is 0 Å². The Morgan fingerprint density at radius 1 is 1.19 bits per heavy atom. The van der Waals surface area contributed by atoms with E-state index in [1.54, 1.807) is 47.1 Å².